The molecule has 0 bridgehead atoms. The van der Waals surface area contributed by atoms with E-state index in [-0.39, 0.29) is 5.91 Å². The quantitative estimate of drug-likeness (QED) is 0.710. The van der Waals surface area contributed by atoms with Crippen molar-refractivity contribution in [2.24, 2.45) is 0 Å². The summed E-state index contributed by atoms with van der Waals surface area (Å²) in [6.45, 7) is 3.08. The number of carbonyl (C=O) groups is 1. The molecule has 0 saturated carbocycles. The Hall–Kier alpha value is -1.82. The minimum absolute atomic E-state index is 0.0637. The third-order valence-corrected chi connectivity index (χ3v) is 5.55. The molecule has 1 saturated heterocycles. The van der Waals surface area contributed by atoms with Gasteiger partial charge in [-0.2, -0.15) is 0 Å². The first kappa shape index (κ1) is 15.7. The van der Waals surface area contributed by atoms with Crippen molar-refractivity contribution in [3.8, 4) is 0 Å². The molecule has 0 radical (unpaired) electrons. The zero-order valence-corrected chi connectivity index (χ0v) is 14.6. The molecule has 1 fully saturated rings. The normalized spacial score (nSPS) is 15.1. The average molecular weight is 361 g/mol. The van der Waals surface area contributed by atoms with Crippen LogP contribution in [0.15, 0.2) is 41.8 Å². The number of nitrogens with zero attached hydrogens (tertiary/aromatic N) is 2. The fraction of sp³-hybridized carbons (Fsp3) is 0.278. The van der Waals surface area contributed by atoms with Crippen LogP contribution in [0.5, 0.6) is 0 Å². The smallest absolute Gasteiger partial charge is 0.270 e. The van der Waals surface area contributed by atoms with Crippen LogP contribution in [-0.4, -0.2) is 41.7 Å². The van der Waals surface area contributed by atoms with E-state index in [1.807, 2.05) is 35.2 Å². The summed E-state index contributed by atoms with van der Waals surface area (Å²) in [5, 5.41) is 2.77. The van der Waals surface area contributed by atoms with Gasteiger partial charge >= 0.3 is 0 Å². The highest BCUT2D eigenvalue weighted by Gasteiger charge is 2.23. The standard InChI is InChI=1S/C18H17ClN2O2S/c19-14-4-2-1-3-13(14)12-21-15-5-10-24-17(15)11-16(21)18(22)20-6-8-23-9-7-20/h1-5,10-11H,6-9,12H2. The number of thiophene rings is 1. The van der Waals surface area contributed by atoms with Crippen LogP contribution in [-0.2, 0) is 11.3 Å². The molecule has 4 nitrogen and oxygen atoms in total. The molecule has 0 unspecified atom stereocenters. The van der Waals surface area contributed by atoms with E-state index in [1.165, 1.54) is 0 Å². The van der Waals surface area contributed by atoms with Gasteiger partial charge in [0.2, 0.25) is 0 Å². The highest BCUT2D eigenvalue weighted by Crippen LogP contribution is 2.28. The maximum absolute atomic E-state index is 13.0. The lowest BCUT2D eigenvalue weighted by atomic mass is 10.2. The second-order valence-corrected chi connectivity index (χ2v) is 7.14. The van der Waals surface area contributed by atoms with Gasteiger partial charge in [0.05, 0.1) is 23.4 Å². The first-order valence-corrected chi connectivity index (χ1v) is 9.17. The molecule has 3 aromatic rings. The number of rotatable bonds is 3. The van der Waals surface area contributed by atoms with Gasteiger partial charge in [-0.1, -0.05) is 29.8 Å². The second kappa shape index (κ2) is 6.59. The fourth-order valence-electron chi connectivity index (χ4n) is 3.05. The molecular formula is C18H17ClN2O2S. The molecule has 6 heteroatoms. The molecule has 0 atom stereocenters. The van der Waals surface area contributed by atoms with Crippen LogP contribution in [0.2, 0.25) is 5.02 Å². The van der Waals surface area contributed by atoms with Gasteiger partial charge in [0.15, 0.2) is 0 Å². The third-order valence-electron chi connectivity index (χ3n) is 4.33. The molecule has 2 aromatic heterocycles. The number of hydrogen-bond donors (Lipinski definition) is 0. The zero-order valence-electron chi connectivity index (χ0n) is 13.1. The second-order valence-electron chi connectivity index (χ2n) is 5.78. The fourth-order valence-corrected chi connectivity index (χ4v) is 4.07. The molecule has 124 valence electrons. The Bertz CT molecular complexity index is 880. The molecule has 1 aliphatic heterocycles. The van der Waals surface area contributed by atoms with Crippen molar-refractivity contribution >= 4 is 39.1 Å². The largest absolute Gasteiger partial charge is 0.378 e. The van der Waals surface area contributed by atoms with Crippen molar-refractivity contribution in [3.05, 3.63) is 58.1 Å². The van der Waals surface area contributed by atoms with E-state index in [2.05, 4.69) is 16.0 Å². The van der Waals surface area contributed by atoms with Crippen molar-refractivity contribution < 1.29 is 9.53 Å². The van der Waals surface area contributed by atoms with E-state index >= 15 is 0 Å². The molecule has 4 rings (SSSR count). The first-order chi connectivity index (χ1) is 11.7. The van der Waals surface area contributed by atoms with Gasteiger partial charge in [-0.3, -0.25) is 4.79 Å². The van der Waals surface area contributed by atoms with Crippen LogP contribution in [0.25, 0.3) is 10.2 Å². The summed E-state index contributed by atoms with van der Waals surface area (Å²) in [7, 11) is 0. The van der Waals surface area contributed by atoms with Crippen LogP contribution >= 0.6 is 22.9 Å². The number of benzene rings is 1. The van der Waals surface area contributed by atoms with Gasteiger partial charge in [-0.15, -0.1) is 11.3 Å². The number of amides is 1. The SMILES string of the molecule is O=C(c1cc2sccc2n1Cc1ccccc1Cl)N1CCOCC1. The van der Waals surface area contributed by atoms with Crippen LogP contribution < -0.4 is 0 Å². The van der Waals surface area contributed by atoms with Crippen LogP contribution in [0.3, 0.4) is 0 Å². The van der Waals surface area contributed by atoms with Crippen molar-refractivity contribution in [3.63, 3.8) is 0 Å². The van der Waals surface area contributed by atoms with E-state index in [0.717, 1.165) is 26.5 Å². The monoisotopic (exact) mass is 360 g/mol. The Balaban J connectivity index is 1.74. The Morgan fingerprint density at radius 1 is 1.21 bits per heavy atom. The van der Waals surface area contributed by atoms with Gasteiger partial charge in [-0.05, 0) is 29.1 Å². The first-order valence-electron chi connectivity index (χ1n) is 7.91. The van der Waals surface area contributed by atoms with E-state index < -0.39 is 0 Å². The lowest BCUT2D eigenvalue weighted by Crippen LogP contribution is -2.41. The van der Waals surface area contributed by atoms with E-state index in [4.69, 9.17) is 16.3 Å². The van der Waals surface area contributed by atoms with Gasteiger partial charge in [0.25, 0.3) is 5.91 Å². The van der Waals surface area contributed by atoms with Crippen molar-refractivity contribution in [2.45, 2.75) is 6.54 Å². The number of ether oxygens (including phenoxy) is 1. The van der Waals surface area contributed by atoms with Crippen LogP contribution in [0.1, 0.15) is 16.1 Å². The van der Waals surface area contributed by atoms with E-state index in [1.54, 1.807) is 11.3 Å². The predicted octanol–water partition coefficient (Wildman–Crippen LogP) is 3.88. The number of carbonyl (C=O) groups excluding carboxylic acids is 1. The van der Waals surface area contributed by atoms with Gasteiger partial charge in [0.1, 0.15) is 5.69 Å². The van der Waals surface area contributed by atoms with Crippen molar-refractivity contribution in [2.75, 3.05) is 26.3 Å². The van der Waals surface area contributed by atoms with E-state index in [9.17, 15) is 4.79 Å². The summed E-state index contributed by atoms with van der Waals surface area (Å²) in [4.78, 5) is 14.9. The minimum atomic E-state index is 0.0637. The van der Waals surface area contributed by atoms with Crippen molar-refractivity contribution in [1.82, 2.24) is 9.47 Å². The average Bonchev–Trinajstić information content (AvgIpc) is 3.19. The zero-order chi connectivity index (χ0) is 16.5. The van der Waals surface area contributed by atoms with Gasteiger partial charge in [0, 0.05) is 24.7 Å². The molecule has 1 aromatic carbocycles. The van der Waals surface area contributed by atoms with Gasteiger partial charge in [-0.25, -0.2) is 0 Å². The lowest BCUT2D eigenvalue weighted by Gasteiger charge is -2.27. The predicted molar refractivity (Wildman–Crippen MR) is 97.1 cm³/mol. The number of halogens is 1. The van der Waals surface area contributed by atoms with Crippen LogP contribution in [0, 0.1) is 0 Å². The Morgan fingerprint density at radius 2 is 2.00 bits per heavy atom. The molecule has 24 heavy (non-hydrogen) atoms. The summed E-state index contributed by atoms with van der Waals surface area (Å²) in [5.41, 5.74) is 2.81. The maximum atomic E-state index is 13.0. The Morgan fingerprint density at radius 3 is 2.79 bits per heavy atom. The number of fused-ring (bicyclic) bond motifs is 1. The minimum Gasteiger partial charge on any atom is -0.378 e. The maximum Gasteiger partial charge on any atom is 0.270 e. The summed E-state index contributed by atoms with van der Waals surface area (Å²) in [6.07, 6.45) is 0. The summed E-state index contributed by atoms with van der Waals surface area (Å²) < 4.78 is 8.55. The summed E-state index contributed by atoms with van der Waals surface area (Å²) in [6, 6.07) is 11.8. The molecule has 0 N–H and O–H groups in total. The summed E-state index contributed by atoms with van der Waals surface area (Å²) >= 11 is 7.98. The number of aromatic nitrogens is 1. The lowest BCUT2D eigenvalue weighted by molar-refractivity contribution is 0.0296. The molecule has 0 spiro atoms. The number of morpholine rings is 1. The molecule has 1 amide bonds. The van der Waals surface area contributed by atoms with E-state index in [0.29, 0.717) is 32.8 Å². The number of hydrogen-bond acceptors (Lipinski definition) is 3. The molecule has 1 aliphatic rings. The summed E-state index contributed by atoms with van der Waals surface area (Å²) in [5.74, 6) is 0.0637. The van der Waals surface area contributed by atoms with Crippen LogP contribution in [0.4, 0.5) is 0 Å². The Kier molecular flexibility index (Phi) is 4.31. The van der Waals surface area contributed by atoms with Gasteiger partial charge < -0.3 is 14.2 Å². The highest BCUT2D eigenvalue weighted by molar-refractivity contribution is 7.17. The third kappa shape index (κ3) is 2.83. The highest BCUT2D eigenvalue weighted by atomic mass is 35.5. The molecule has 3 heterocycles. The molecular weight excluding hydrogens is 344 g/mol. The molecule has 0 aliphatic carbocycles. The van der Waals surface area contributed by atoms with Crippen molar-refractivity contribution in [1.29, 1.82) is 0 Å². The Labute approximate surface area is 149 Å². The topological polar surface area (TPSA) is 34.5 Å².